The van der Waals surface area contributed by atoms with Gasteiger partial charge in [-0.05, 0) is 48.6 Å². The summed E-state index contributed by atoms with van der Waals surface area (Å²) in [5.74, 6) is -2.46. The molecule has 2 N–H and O–H groups in total. The van der Waals surface area contributed by atoms with E-state index in [2.05, 4.69) is 16.4 Å². The molecule has 9 heteroatoms. The molecule has 1 aliphatic heterocycles. The van der Waals surface area contributed by atoms with E-state index in [0.717, 1.165) is 25.0 Å². The number of carbonyl (C=O) groups is 3. The first-order valence-electron chi connectivity index (χ1n) is 11.6. The summed E-state index contributed by atoms with van der Waals surface area (Å²) in [7, 11) is 0. The van der Waals surface area contributed by atoms with E-state index >= 15 is 0 Å². The molecule has 0 unspecified atom stereocenters. The first-order chi connectivity index (χ1) is 16.1. The van der Waals surface area contributed by atoms with Crippen molar-refractivity contribution in [3.8, 4) is 6.07 Å². The van der Waals surface area contributed by atoms with E-state index in [1.165, 1.54) is 11.0 Å². The average Bonchev–Trinajstić information content (AvgIpc) is 3.28. The van der Waals surface area contributed by atoms with Crippen LogP contribution in [0, 0.1) is 46.1 Å². The van der Waals surface area contributed by atoms with Crippen LogP contribution in [0.2, 0.25) is 0 Å². The molecule has 1 aromatic heterocycles. The van der Waals surface area contributed by atoms with Gasteiger partial charge in [0.05, 0.1) is 11.6 Å². The second-order valence-corrected chi connectivity index (χ2v) is 10.4. The fraction of sp³-hybridized carbons (Fsp3) is 0.520. The van der Waals surface area contributed by atoms with E-state index in [1.807, 2.05) is 13.8 Å². The summed E-state index contributed by atoms with van der Waals surface area (Å²) in [6.45, 7) is 4.45. The molecule has 1 saturated heterocycles. The van der Waals surface area contributed by atoms with Crippen molar-refractivity contribution in [1.29, 1.82) is 5.26 Å². The lowest BCUT2D eigenvalue weighted by Gasteiger charge is -2.30. The Morgan fingerprint density at radius 1 is 1.32 bits per heavy atom. The van der Waals surface area contributed by atoms with Crippen LogP contribution in [-0.4, -0.2) is 46.1 Å². The summed E-state index contributed by atoms with van der Waals surface area (Å²) in [5, 5.41) is 12.5. The van der Waals surface area contributed by atoms with Crippen LogP contribution in [0.5, 0.6) is 0 Å². The fourth-order valence-corrected chi connectivity index (χ4v) is 6.05. The van der Waals surface area contributed by atoms with Crippen LogP contribution in [0.1, 0.15) is 50.0 Å². The third-order valence-corrected chi connectivity index (χ3v) is 8.04. The maximum atomic E-state index is 14.2. The van der Waals surface area contributed by atoms with Gasteiger partial charge in [0.15, 0.2) is 0 Å². The van der Waals surface area contributed by atoms with E-state index in [-0.39, 0.29) is 52.0 Å². The molecule has 1 aromatic carbocycles. The topological polar surface area (TPSA) is 106 Å². The largest absolute Gasteiger partial charge is 0.350 e. The van der Waals surface area contributed by atoms with Gasteiger partial charge in [-0.2, -0.15) is 5.26 Å². The van der Waals surface area contributed by atoms with Crippen molar-refractivity contribution < 1.29 is 23.2 Å². The number of halogens is 2. The minimum absolute atomic E-state index is 0.0672. The van der Waals surface area contributed by atoms with E-state index in [1.54, 1.807) is 0 Å². The van der Waals surface area contributed by atoms with Crippen molar-refractivity contribution in [3.63, 3.8) is 0 Å². The quantitative estimate of drug-likeness (QED) is 0.702. The van der Waals surface area contributed by atoms with Gasteiger partial charge in [0, 0.05) is 30.3 Å². The predicted molar refractivity (Wildman–Crippen MR) is 118 cm³/mol. The Hall–Kier alpha value is -3.28. The monoisotopic (exact) mass is 468 g/mol. The SMILES string of the molecule is CC1(C)[C@@H]2[C@@H](C(=O)N[C@H](C#N)C[C@@H]3CCCC3=O)N(C(=O)c3cc4c(F)cc(F)cc4[nH]3)C[C@@H]21. The number of nitrogens with zero attached hydrogens (tertiary/aromatic N) is 2. The highest BCUT2D eigenvalue weighted by Gasteiger charge is 2.69. The Morgan fingerprint density at radius 2 is 2.09 bits per heavy atom. The Bertz CT molecular complexity index is 1250. The van der Waals surface area contributed by atoms with Gasteiger partial charge in [-0.15, -0.1) is 0 Å². The van der Waals surface area contributed by atoms with Crippen molar-refractivity contribution in [3.05, 3.63) is 35.5 Å². The number of H-pyrrole nitrogens is 1. The number of nitrogens with one attached hydrogen (secondary N) is 2. The van der Waals surface area contributed by atoms with Crippen molar-refractivity contribution in [2.75, 3.05) is 6.54 Å². The normalized spacial score (nSPS) is 28.0. The van der Waals surface area contributed by atoms with Crippen molar-refractivity contribution in [2.45, 2.75) is 51.6 Å². The number of piperidine rings is 1. The molecule has 0 radical (unpaired) electrons. The van der Waals surface area contributed by atoms with Crippen LogP contribution in [0.4, 0.5) is 8.78 Å². The first kappa shape index (κ1) is 22.5. The van der Waals surface area contributed by atoms with Crippen molar-refractivity contribution in [2.24, 2.45) is 23.2 Å². The maximum Gasteiger partial charge on any atom is 0.271 e. The average molecular weight is 469 g/mol. The number of hydrogen-bond donors (Lipinski definition) is 2. The number of aromatic nitrogens is 1. The zero-order valence-corrected chi connectivity index (χ0v) is 19.0. The highest BCUT2D eigenvalue weighted by Crippen LogP contribution is 2.65. The summed E-state index contributed by atoms with van der Waals surface area (Å²) >= 11 is 0. The molecule has 0 bridgehead atoms. The number of amides is 2. The summed E-state index contributed by atoms with van der Waals surface area (Å²) < 4.78 is 27.7. The number of hydrogen-bond acceptors (Lipinski definition) is 4. The molecule has 34 heavy (non-hydrogen) atoms. The molecular formula is C25H26F2N4O3. The molecule has 5 rings (SSSR count). The number of Topliss-reactive ketones (excluding diaryl/α,β-unsaturated/α-hetero) is 1. The van der Waals surface area contributed by atoms with Crippen LogP contribution < -0.4 is 5.32 Å². The van der Waals surface area contributed by atoms with Crippen LogP contribution in [0.3, 0.4) is 0 Å². The molecule has 3 fully saturated rings. The molecule has 2 amide bonds. The molecule has 3 aliphatic rings. The van der Waals surface area contributed by atoms with Gasteiger partial charge < -0.3 is 15.2 Å². The van der Waals surface area contributed by atoms with Crippen LogP contribution in [0.25, 0.3) is 10.9 Å². The lowest BCUT2D eigenvalue weighted by atomic mass is 9.96. The van der Waals surface area contributed by atoms with E-state index in [0.29, 0.717) is 13.0 Å². The van der Waals surface area contributed by atoms with Crippen LogP contribution >= 0.6 is 0 Å². The van der Waals surface area contributed by atoms with Crippen molar-refractivity contribution in [1.82, 2.24) is 15.2 Å². The molecule has 2 heterocycles. The van der Waals surface area contributed by atoms with Gasteiger partial charge in [0.1, 0.15) is 35.2 Å². The lowest BCUT2D eigenvalue weighted by molar-refractivity contribution is -0.127. The Morgan fingerprint density at radius 3 is 2.76 bits per heavy atom. The van der Waals surface area contributed by atoms with Gasteiger partial charge >= 0.3 is 0 Å². The van der Waals surface area contributed by atoms with Gasteiger partial charge in [0.25, 0.3) is 5.91 Å². The van der Waals surface area contributed by atoms with Crippen LogP contribution in [-0.2, 0) is 9.59 Å². The number of rotatable bonds is 5. The van der Waals surface area contributed by atoms with Crippen molar-refractivity contribution >= 4 is 28.5 Å². The van der Waals surface area contributed by atoms with E-state index in [9.17, 15) is 28.4 Å². The Kier molecular flexibility index (Phi) is 5.23. The fourth-order valence-electron chi connectivity index (χ4n) is 6.05. The summed E-state index contributed by atoms with van der Waals surface area (Å²) in [5.41, 5.74) is 0.111. The van der Waals surface area contributed by atoms with E-state index < -0.39 is 35.5 Å². The predicted octanol–water partition coefficient (Wildman–Crippen LogP) is 3.31. The Balaban J connectivity index is 1.38. The van der Waals surface area contributed by atoms with E-state index in [4.69, 9.17) is 0 Å². The molecule has 2 saturated carbocycles. The minimum Gasteiger partial charge on any atom is -0.350 e. The summed E-state index contributed by atoms with van der Waals surface area (Å²) in [6.07, 6.45) is 2.30. The first-order valence-corrected chi connectivity index (χ1v) is 11.6. The highest BCUT2D eigenvalue weighted by atomic mass is 19.1. The summed E-state index contributed by atoms with van der Waals surface area (Å²) in [6, 6.07) is 3.69. The number of likely N-dealkylation sites (tertiary alicyclic amines) is 1. The molecule has 2 aromatic rings. The number of ketones is 1. The standard InChI is InChI=1S/C25H26F2N4O3/c1-25(2)16-11-31(24(34)19-9-15-17(27)7-13(26)8-18(15)30-19)22(21(16)25)23(33)29-14(10-28)6-12-4-3-5-20(12)32/h7-9,12,14,16,21-22,30H,3-6,11H2,1-2H3,(H,29,33)/t12-,14-,16-,21-,22-/m0/s1. The summed E-state index contributed by atoms with van der Waals surface area (Å²) in [4.78, 5) is 43.0. The molecule has 0 spiro atoms. The molecular weight excluding hydrogens is 442 g/mol. The molecule has 178 valence electrons. The number of aromatic amines is 1. The van der Waals surface area contributed by atoms with Gasteiger partial charge in [-0.1, -0.05) is 13.8 Å². The number of nitriles is 1. The third kappa shape index (κ3) is 3.56. The molecule has 5 atom stereocenters. The zero-order chi connectivity index (χ0) is 24.4. The number of benzene rings is 1. The number of fused-ring (bicyclic) bond motifs is 2. The Labute approximate surface area is 195 Å². The molecule has 7 nitrogen and oxygen atoms in total. The smallest absolute Gasteiger partial charge is 0.271 e. The maximum absolute atomic E-state index is 14.2. The number of carbonyl (C=O) groups excluding carboxylic acids is 3. The minimum atomic E-state index is -0.817. The highest BCUT2D eigenvalue weighted by molar-refractivity contribution is 6.01. The van der Waals surface area contributed by atoms with Gasteiger partial charge in [0.2, 0.25) is 5.91 Å². The molecule has 2 aliphatic carbocycles. The second kappa shape index (κ2) is 7.90. The van der Waals surface area contributed by atoms with Crippen LogP contribution in [0.15, 0.2) is 18.2 Å². The third-order valence-electron chi connectivity index (χ3n) is 8.04. The lowest BCUT2D eigenvalue weighted by Crippen LogP contribution is -2.52. The zero-order valence-electron chi connectivity index (χ0n) is 19.0. The van der Waals surface area contributed by atoms with Gasteiger partial charge in [-0.25, -0.2) is 8.78 Å². The van der Waals surface area contributed by atoms with Gasteiger partial charge in [-0.3, -0.25) is 14.4 Å². The second-order valence-electron chi connectivity index (χ2n) is 10.4.